The number of piperidine rings is 1. The molecule has 25 heavy (non-hydrogen) atoms. The lowest BCUT2D eigenvalue weighted by atomic mass is 9.97. The Labute approximate surface area is 144 Å². The average molecular weight is 332 g/mol. The maximum Gasteiger partial charge on any atom is 0.272 e. The zero-order chi connectivity index (χ0) is 17.2. The van der Waals surface area contributed by atoms with Crippen LogP contribution in [0.5, 0.6) is 0 Å². The second-order valence-corrected chi connectivity index (χ2v) is 6.12. The number of nitrogens with zero attached hydrogens (tertiary/aromatic N) is 6. The summed E-state index contributed by atoms with van der Waals surface area (Å²) in [5.41, 5.74) is 1.56. The molecule has 0 N–H and O–H groups in total. The fourth-order valence-corrected chi connectivity index (χ4v) is 3.29. The Balaban J connectivity index is 1.58. The van der Waals surface area contributed by atoms with E-state index in [9.17, 15) is 4.79 Å². The summed E-state index contributed by atoms with van der Waals surface area (Å²) >= 11 is 0. The van der Waals surface area contributed by atoms with E-state index in [-0.39, 0.29) is 11.8 Å². The van der Waals surface area contributed by atoms with Crippen molar-refractivity contribution in [3.8, 4) is 6.07 Å². The Kier molecular flexibility index (Phi) is 3.86. The minimum atomic E-state index is -0.143. The third-order valence-corrected chi connectivity index (χ3v) is 4.52. The minimum Gasteiger partial charge on any atom is -0.337 e. The largest absolute Gasteiger partial charge is 0.337 e. The van der Waals surface area contributed by atoms with Gasteiger partial charge in [0, 0.05) is 31.4 Å². The van der Waals surface area contributed by atoms with Crippen molar-refractivity contribution in [2.24, 2.45) is 0 Å². The Morgan fingerprint density at radius 1 is 1.28 bits per heavy atom. The molecule has 0 aliphatic carbocycles. The number of hydrogen-bond donors (Lipinski definition) is 0. The molecule has 3 aromatic rings. The summed E-state index contributed by atoms with van der Waals surface area (Å²) in [4.78, 5) is 18.7. The number of rotatable bonds is 2. The first-order chi connectivity index (χ1) is 12.3. The molecule has 0 aromatic carbocycles. The number of fused-ring (bicyclic) bond motifs is 1. The molecule has 1 atom stereocenters. The number of nitriles is 1. The van der Waals surface area contributed by atoms with Crippen LogP contribution in [0.25, 0.3) is 5.65 Å². The van der Waals surface area contributed by atoms with Gasteiger partial charge in [-0.3, -0.25) is 14.2 Å². The van der Waals surface area contributed by atoms with Crippen molar-refractivity contribution in [2.75, 3.05) is 13.1 Å². The van der Waals surface area contributed by atoms with Crippen LogP contribution >= 0.6 is 0 Å². The molecule has 1 fully saturated rings. The SMILES string of the molecule is N#Cc1ccnc(C(=O)N2CCC[C@H](c3nnc4ccccn34)C2)c1. The van der Waals surface area contributed by atoms with Crippen molar-refractivity contribution < 1.29 is 4.79 Å². The van der Waals surface area contributed by atoms with E-state index < -0.39 is 0 Å². The highest BCUT2D eigenvalue weighted by Gasteiger charge is 2.29. The van der Waals surface area contributed by atoms with E-state index >= 15 is 0 Å². The second kappa shape index (κ2) is 6.32. The fraction of sp³-hybridized carbons (Fsp3) is 0.278. The van der Waals surface area contributed by atoms with E-state index in [1.54, 1.807) is 17.0 Å². The quantitative estimate of drug-likeness (QED) is 0.716. The zero-order valence-electron chi connectivity index (χ0n) is 13.5. The fourth-order valence-electron chi connectivity index (χ4n) is 3.29. The second-order valence-electron chi connectivity index (χ2n) is 6.12. The number of carbonyl (C=O) groups excluding carboxylic acids is 1. The number of aromatic nitrogens is 4. The average Bonchev–Trinajstić information content (AvgIpc) is 3.12. The topological polar surface area (TPSA) is 87.2 Å². The molecule has 7 nitrogen and oxygen atoms in total. The monoisotopic (exact) mass is 332 g/mol. The van der Waals surface area contributed by atoms with Gasteiger partial charge in [0.05, 0.1) is 11.6 Å². The van der Waals surface area contributed by atoms with Gasteiger partial charge in [-0.05, 0) is 37.1 Å². The summed E-state index contributed by atoms with van der Waals surface area (Å²) in [5, 5.41) is 17.5. The molecule has 4 heterocycles. The van der Waals surface area contributed by atoms with Gasteiger partial charge in [-0.25, -0.2) is 0 Å². The highest BCUT2D eigenvalue weighted by molar-refractivity contribution is 5.92. The Bertz CT molecular complexity index is 973. The van der Waals surface area contributed by atoms with Gasteiger partial charge in [-0.1, -0.05) is 6.07 Å². The van der Waals surface area contributed by atoms with Crippen LogP contribution in [0.1, 0.15) is 40.6 Å². The van der Waals surface area contributed by atoms with E-state index in [1.165, 1.54) is 6.20 Å². The van der Waals surface area contributed by atoms with Crippen LogP contribution in [0, 0.1) is 11.3 Å². The Morgan fingerprint density at radius 2 is 2.20 bits per heavy atom. The molecule has 124 valence electrons. The first kappa shape index (κ1) is 15.3. The standard InChI is InChI=1S/C18H16N6O/c19-11-13-6-7-20-15(10-13)18(25)23-8-3-4-14(12-23)17-22-21-16-5-1-2-9-24(16)17/h1-2,5-7,9-10,14H,3-4,8,12H2/t14-/m0/s1. The van der Waals surface area contributed by atoms with E-state index in [4.69, 9.17) is 5.26 Å². The highest BCUT2D eigenvalue weighted by Crippen LogP contribution is 2.26. The van der Waals surface area contributed by atoms with Crippen molar-refractivity contribution in [1.82, 2.24) is 24.5 Å². The van der Waals surface area contributed by atoms with Crippen LogP contribution in [-0.2, 0) is 0 Å². The van der Waals surface area contributed by atoms with Crippen LogP contribution in [0.3, 0.4) is 0 Å². The predicted molar refractivity (Wildman–Crippen MR) is 89.8 cm³/mol. The lowest BCUT2D eigenvalue weighted by Gasteiger charge is -2.31. The van der Waals surface area contributed by atoms with Crippen LogP contribution in [0.2, 0.25) is 0 Å². The number of likely N-dealkylation sites (tertiary alicyclic amines) is 1. The lowest BCUT2D eigenvalue weighted by molar-refractivity contribution is 0.0698. The Morgan fingerprint density at radius 3 is 3.08 bits per heavy atom. The van der Waals surface area contributed by atoms with Crippen LogP contribution in [-0.4, -0.2) is 43.5 Å². The normalized spacial score (nSPS) is 17.4. The van der Waals surface area contributed by atoms with Gasteiger partial charge in [0.1, 0.15) is 11.5 Å². The summed E-state index contributed by atoms with van der Waals surface area (Å²) in [6.07, 6.45) is 5.31. The first-order valence-electron chi connectivity index (χ1n) is 8.21. The minimum absolute atomic E-state index is 0.134. The predicted octanol–water partition coefficient (Wildman–Crippen LogP) is 2.02. The summed E-state index contributed by atoms with van der Waals surface area (Å²) in [5.74, 6) is 0.872. The molecular weight excluding hydrogens is 316 g/mol. The zero-order valence-corrected chi connectivity index (χ0v) is 13.5. The molecule has 1 amide bonds. The van der Waals surface area contributed by atoms with E-state index in [0.717, 1.165) is 24.3 Å². The smallest absolute Gasteiger partial charge is 0.272 e. The summed E-state index contributed by atoms with van der Waals surface area (Å²) in [6, 6.07) is 11.0. The van der Waals surface area contributed by atoms with Crippen molar-refractivity contribution in [2.45, 2.75) is 18.8 Å². The number of carbonyl (C=O) groups is 1. The van der Waals surface area contributed by atoms with Gasteiger partial charge in [-0.15, -0.1) is 10.2 Å². The van der Waals surface area contributed by atoms with Gasteiger partial charge in [0.2, 0.25) is 0 Å². The molecule has 1 aliphatic rings. The van der Waals surface area contributed by atoms with Crippen molar-refractivity contribution >= 4 is 11.6 Å². The van der Waals surface area contributed by atoms with E-state index in [1.807, 2.05) is 34.9 Å². The van der Waals surface area contributed by atoms with Crippen LogP contribution in [0.15, 0.2) is 42.7 Å². The number of amides is 1. The maximum absolute atomic E-state index is 12.8. The third-order valence-electron chi connectivity index (χ3n) is 4.52. The van der Waals surface area contributed by atoms with E-state index in [0.29, 0.717) is 24.3 Å². The molecular formula is C18H16N6O. The first-order valence-corrected chi connectivity index (χ1v) is 8.21. The Hall–Kier alpha value is -3.27. The summed E-state index contributed by atoms with van der Waals surface area (Å²) < 4.78 is 1.98. The van der Waals surface area contributed by atoms with Gasteiger partial charge >= 0.3 is 0 Å². The summed E-state index contributed by atoms with van der Waals surface area (Å²) in [6.45, 7) is 1.26. The summed E-state index contributed by atoms with van der Waals surface area (Å²) in [7, 11) is 0. The molecule has 0 radical (unpaired) electrons. The molecule has 4 rings (SSSR count). The molecule has 1 aliphatic heterocycles. The highest BCUT2D eigenvalue weighted by atomic mass is 16.2. The van der Waals surface area contributed by atoms with Gasteiger partial charge in [0.25, 0.3) is 5.91 Å². The van der Waals surface area contributed by atoms with Crippen LogP contribution < -0.4 is 0 Å². The molecule has 0 saturated carbocycles. The van der Waals surface area contributed by atoms with Gasteiger partial charge < -0.3 is 4.90 Å². The van der Waals surface area contributed by atoms with Crippen molar-refractivity contribution in [3.63, 3.8) is 0 Å². The molecule has 3 aromatic heterocycles. The molecule has 1 saturated heterocycles. The van der Waals surface area contributed by atoms with Crippen LogP contribution in [0.4, 0.5) is 0 Å². The molecule has 0 unspecified atom stereocenters. The molecule has 0 bridgehead atoms. The maximum atomic E-state index is 12.8. The lowest BCUT2D eigenvalue weighted by Crippen LogP contribution is -2.40. The number of pyridine rings is 2. The van der Waals surface area contributed by atoms with Crippen molar-refractivity contribution in [1.29, 1.82) is 5.26 Å². The number of hydrogen-bond acceptors (Lipinski definition) is 5. The third kappa shape index (κ3) is 2.83. The van der Waals surface area contributed by atoms with E-state index in [2.05, 4.69) is 15.2 Å². The molecule has 7 heteroatoms. The molecule has 0 spiro atoms. The van der Waals surface area contributed by atoms with Gasteiger partial charge in [0.15, 0.2) is 5.65 Å². The van der Waals surface area contributed by atoms with Crippen molar-refractivity contribution in [3.05, 3.63) is 59.8 Å². The van der Waals surface area contributed by atoms with Gasteiger partial charge in [-0.2, -0.15) is 5.26 Å².